The van der Waals surface area contributed by atoms with Gasteiger partial charge >= 0.3 is 0 Å². The standard InChI is InChI=1S/C12H19N5O2/c1-4-17-9(14-7-15-17)6-16-10(18)5-13-12(19)11(16)8(2)3/h7-8,11H,4-6H2,1-3H3,(H,13,19). The SMILES string of the molecule is CCn1ncnc1CN1C(=O)CNC(=O)C1C(C)C. The maximum Gasteiger partial charge on any atom is 0.243 e. The second-order valence-electron chi connectivity index (χ2n) is 4.92. The van der Waals surface area contributed by atoms with Gasteiger partial charge in [-0.25, -0.2) is 9.67 Å². The van der Waals surface area contributed by atoms with Crippen molar-refractivity contribution >= 4 is 11.8 Å². The number of carbonyl (C=O) groups excluding carboxylic acids is 2. The highest BCUT2D eigenvalue weighted by Gasteiger charge is 2.37. The van der Waals surface area contributed by atoms with Crippen molar-refractivity contribution in [1.82, 2.24) is 25.0 Å². The molecule has 1 atom stereocenters. The molecule has 2 heterocycles. The predicted octanol–water partition coefficient (Wildman–Crippen LogP) is -0.219. The summed E-state index contributed by atoms with van der Waals surface area (Å²) in [5.41, 5.74) is 0. The maximum atomic E-state index is 12.0. The van der Waals surface area contributed by atoms with E-state index < -0.39 is 6.04 Å². The average molecular weight is 265 g/mol. The van der Waals surface area contributed by atoms with Crippen LogP contribution in [0.25, 0.3) is 0 Å². The van der Waals surface area contributed by atoms with Gasteiger partial charge in [-0.05, 0) is 12.8 Å². The van der Waals surface area contributed by atoms with Gasteiger partial charge in [0, 0.05) is 6.54 Å². The number of aryl methyl sites for hydroxylation is 1. The summed E-state index contributed by atoms with van der Waals surface area (Å²) in [7, 11) is 0. The fourth-order valence-electron chi connectivity index (χ4n) is 2.34. The van der Waals surface area contributed by atoms with E-state index in [4.69, 9.17) is 0 Å². The molecule has 1 unspecified atom stereocenters. The lowest BCUT2D eigenvalue weighted by Crippen LogP contribution is -2.59. The Bertz CT molecular complexity index is 482. The molecular weight excluding hydrogens is 246 g/mol. The van der Waals surface area contributed by atoms with Crippen molar-refractivity contribution in [1.29, 1.82) is 0 Å². The predicted molar refractivity (Wildman–Crippen MR) is 67.9 cm³/mol. The molecule has 0 saturated carbocycles. The van der Waals surface area contributed by atoms with Crippen molar-refractivity contribution in [2.24, 2.45) is 5.92 Å². The summed E-state index contributed by atoms with van der Waals surface area (Å²) in [5, 5.41) is 6.71. The molecule has 7 nitrogen and oxygen atoms in total. The molecule has 1 aromatic rings. The zero-order valence-corrected chi connectivity index (χ0v) is 11.5. The highest BCUT2D eigenvalue weighted by Crippen LogP contribution is 2.17. The smallest absolute Gasteiger partial charge is 0.243 e. The van der Waals surface area contributed by atoms with Crippen LogP contribution in [0.3, 0.4) is 0 Å². The molecule has 0 radical (unpaired) electrons. The summed E-state index contributed by atoms with van der Waals surface area (Å²) in [4.78, 5) is 29.7. The first-order valence-corrected chi connectivity index (χ1v) is 6.48. The Morgan fingerprint density at radius 3 is 2.84 bits per heavy atom. The topological polar surface area (TPSA) is 80.1 Å². The summed E-state index contributed by atoms with van der Waals surface area (Å²) >= 11 is 0. The summed E-state index contributed by atoms with van der Waals surface area (Å²) in [6, 6.07) is -0.441. The van der Waals surface area contributed by atoms with Crippen LogP contribution in [0.15, 0.2) is 6.33 Å². The van der Waals surface area contributed by atoms with Crippen LogP contribution in [-0.4, -0.2) is 44.1 Å². The third-order valence-electron chi connectivity index (χ3n) is 3.28. The largest absolute Gasteiger partial charge is 0.345 e. The average Bonchev–Trinajstić information content (AvgIpc) is 2.80. The lowest BCUT2D eigenvalue weighted by molar-refractivity contribution is -0.148. The van der Waals surface area contributed by atoms with Crippen LogP contribution in [0.2, 0.25) is 0 Å². The van der Waals surface area contributed by atoms with Gasteiger partial charge < -0.3 is 10.2 Å². The number of rotatable bonds is 4. The monoisotopic (exact) mass is 265 g/mol. The number of piperazine rings is 1. The van der Waals surface area contributed by atoms with E-state index in [2.05, 4.69) is 15.4 Å². The molecule has 0 aliphatic carbocycles. The second-order valence-corrected chi connectivity index (χ2v) is 4.92. The number of nitrogens with one attached hydrogen (secondary N) is 1. The summed E-state index contributed by atoms with van der Waals surface area (Å²) < 4.78 is 1.73. The molecule has 0 spiro atoms. The quantitative estimate of drug-likeness (QED) is 0.816. The minimum atomic E-state index is -0.441. The number of nitrogens with zero attached hydrogens (tertiary/aromatic N) is 4. The fourth-order valence-corrected chi connectivity index (χ4v) is 2.34. The molecule has 1 N–H and O–H groups in total. The van der Waals surface area contributed by atoms with Gasteiger partial charge in [0.05, 0.1) is 13.1 Å². The van der Waals surface area contributed by atoms with Crippen molar-refractivity contribution < 1.29 is 9.59 Å². The van der Waals surface area contributed by atoms with Gasteiger partial charge in [-0.1, -0.05) is 13.8 Å². The van der Waals surface area contributed by atoms with Gasteiger partial charge in [-0.3, -0.25) is 9.59 Å². The maximum absolute atomic E-state index is 12.0. The molecule has 2 rings (SSSR count). The van der Waals surface area contributed by atoms with Crippen LogP contribution >= 0.6 is 0 Å². The van der Waals surface area contributed by atoms with Gasteiger partial charge in [-0.15, -0.1) is 0 Å². The lowest BCUT2D eigenvalue weighted by Gasteiger charge is -2.36. The molecule has 1 saturated heterocycles. The van der Waals surface area contributed by atoms with Gasteiger partial charge in [0.1, 0.15) is 18.2 Å². The van der Waals surface area contributed by atoms with E-state index in [-0.39, 0.29) is 24.3 Å². The van der Waals surface area contributed by atoms with E-state index in [1.54, 1.807) is 9.58 Å². The van der Waals surface area contributed by atoms with E-state index in [0.29, 0.717) is 18.9 Å². The Balaban J connectivity index is 2.24. The molecule has 1 aliphatic rings. The molecular formula is C12H19N5O2. The molecule has 7 heteroatoms. The Morgan fingerprint density at radius 2 is 2.21 bits per heavy atom. The van der Waals surface area contributed by atoms with Crippen molar-refractivity contribution in [2.45, 2.75) is 39.9 Å². The Hall–Kier alpha value is -1.92. The number of amides is 2. The number of hydrogen-bond donors (Lipinski definition) is 1. The van der Waals surface area contributed by atoms with E-state index in [1.165, 1.54) is 6.33 Å². The number of carbonyl (C=O) groups is 2. The van der Waals surface area contributed by atoms with Crippen LogP contribution in [0.4, 0.5) is 0 Å². The van der Waals surface area contributed by atoms with E-state index >= 15 is 0 Å². The summed E-state index contributed by atoms with van der Waals surface area (Å²) in [6.07, 6.45) is 1.47. The minimum Gasteiger partial charge on any atom is -0.345 e. The molecule has 0 aromatic carbocycles. The van der Waals surface area contributed by atoms with Gasteiger partial charge in [0.25, 0.3) is 0 Å². The van der Waals surface area contributed by atoms with Crippen molar-refractivity contribution in [3.8, 4) is 0 Å². The molecule has 19 heavy (non-hydrogen) atoms. The summed E-state index contributed by atoms with van der Waals surface area (Å²) in [5.74, 6) is 0.583. The molecule has 104 valence electrons. The molecule has 1 aromatic heterocycles. The normalized spacial score (nSPS) is 20.0. The van der Waals surface area contributed by atoms with Crippen molar-refractivity contribution in [3.63, 3.8) is 0 Å². The highest BCUT2D eigenvalue weighted by atomic mass is 16.2. The lowest BCUT2D eigenvalue weighted by atomic mass is 9.99. The zero-order chi connectivity index (χ0) is 14.0. The van der Waals surface area contributed by atoms with E-state index in [9.17, 15) is 9.59 Å². The van der Waals surface area contributed by atoms with Gasteiger partial charge in [-0.2, -0.15) is 5.10 Å². The fraction of sp³-hybridized carbons (Fsp3) is 0.667. The van der Waals surface area contributed by atoms with Crippen molar-refractivity contribution in [2.75, 3.05) is 6.54 Å². The van der Waals surface area contributed by atoms with Crippen LogP contribution in [-0.2, 0) is 22.7 Å². The highest BCUT2D eigenvalue weighted by molar-refractivity contribution is 5.94. The molecule has 1 aliphatic heterocycles. The Kier molecular flexibility index (Phi) is 3.82. The van der Waals surface area contributed by atoms with Crippen molar-refractivity contribution in [3.05, 3.63) is 12.2 Å². The van der Waals surface area contributed by atoms with Crippen LogP contribution in [0, 0.1) is 5.92 Å². The second kappa shape index (κ2) is 5.38. The third kappa shape index (κ3) is 2.59. The Labute approximate surface area is 112 Å². The first kappa shape index (κ1) is 13.5. The van der Waals surface area contributed by atoms with Crippen LogP contribution in [0.5, 0.6) is 0 Å². The molecule has 1 fully saturated rings. The first-order chi connectivity index (χ1) is 9.04. The Morgan fingerprint density at radius 1 is 1.47 bits per heavy atom. The number of hydrogen-bond acceptors (Lipinski definition) is 4. The first-order valence-electron chi connectivity index (χ1n) is 6.48. The van der Waals surface area contributed by atoms with Crippen LogP contribution in [0.1, 0.15) is 26.6 Å². The van der Waals surface area contributed by atoms with Gasteiger partial charge in [0.15, 0.2) is 0 Å². The zero-order valence-electron chi connectivity index (χ0n) is 11.5. The number of aromatic nitrogens is 3. The van der Waals surface area contributed by atoms with E-state index in [1.807, 2.05) is 20.8 Å². The summed E-state index contributed by atoms with van der Waals surface area (Å²) in [6.45, 7) is 6.89. The minimum absolute atomic E-state index is 0.0576. The van der Waals surface area contributed by atoms with E-state index in [0.717, 1.165) is 0 Å². The molecule has 2 amide bonds. The third-order valence-corrected chi connectivity index (χ3v) is 3.28. The molecule has 0 bridgehead atoms. The van der Waals surface area contributed by atoms with Crippen LogP contribution < -0.4 is 5.32 Å². The van der Waals surface area contributed by atoms with Gasteiger partial charge in [0.2, 0.25) is 11.8 Å².